The second kappa shape index (κ2) is 4.74. The molecule has 0 amide bonds. The lowest BCUT2D eigenvalue weighted by Crippen LogP contribution is -2.17. The number of phenolic OH excluding ortho intramolecular Hbond substituents is 1. The molecule has 0 saturated carbocycles. The first kappa shape index (κ1) is 11.3. The highest BCUT2D eigenvalue weighted by Crippen LogP contribution is 2.26. The number of rotatable bonds is 3. The molecule has 0 fully saturated rings. The van der Waals surface area contributed by atoms with E-state index >= 15 is 0 Å². The average Bonchev–Trinajstić information content (AvgIpc) is 2.36. The van der Waals surface area contributed by atoms with Gasteiger partial charge in [0, 0.05) is 25.4 Å². The molecule has 0 unspecified atom stereocenters. The van der Waals surface area contributed by atoms with E-state index in [0.29, 0.717) is 12.2 Å². The summed E-state index contributed by atoms with van der Waals surface area (Å²) in [4.78, 5) is 6.19. The molecular formula is C13H15N3O. The first-order valence-corrected chi connectivity index (χ1v) is 5.37. The third-order valence-corrected chi connectivity index (χ3v) is 2.60. The van der Waals surface area contributed by atoms with Crippen LogP contribution in [-0.4, -0.2) is 17.1 Å². The van der Waals surface area contributed by atoms with Crippen molar-refractivity contribution in [2.45, 2.75) is 6.54 Å². The predicted molar refractivity (Wildman–Crippen MR) is 68.9 cm³/mol. The van der Waals surface area contributed by atoms with Crippen LogP contribution in [0.4, 0.5) is 11.5 Å². The number of nitrogens with two attached hydrogens (primary N) is 1. The summed E-state index contributed by atoms with van der Waals surface area (Å²) in [6, 6.07) is 11.1. The van der Waals surface area contributed by atoms with E-state index < -0.39 is 0 Å². The number of aromatic nitrogens is 1. The fourth-order valence-electron chi connectivity index (χ4n) is 1.65. The largest absolute Gasteiger partial charge is 0.505 e. The van der Waals surface area contributed by atoms with Crippen LogP contribution in [0.25, 0.3) is 0 Å². The highest BCUT2D eigenvalue weighted by atomic mass is 16.3. The quantitative estimate of drug-likeness (QED) is 0.624. The van der Waals surface area contributed by atoms with E-state index in [0.717, 1.165) is 11.4 Å². The van der Waals surface area contributed by atoms with Crippen LogP contribution in [0.1, 0.15) is 5.56 Å². The summed E-state index contributed by atoms with van der Waals surface area (Å²) in [5.74, 6) is 1.00. The van der Waals surface area contributed by atoms with Crippen molar-refractivity contribution in [3.8, 4) is 5.75 Å². The number of nitrogen functional groups attached to an aromatic ring is 1. The number of phenols is 1. The number of para-hydroxylation sites is 1. The highest BCUT2D eigenvalue weighted by molar-refractivity contribution is 5.56. The van der Waals surface area contributed by atoms with Gasteiger partial charge >= 0.3 is 0 Å². The number of nitrogens with zero attached hydrogens (tertiary/aromatic N) is 2. The van der Waals surface area contributed by atoms with Gasteiger partial charge in [0.15, 0.2) is 0 Å². The van der Waals surface area contributed by atoms with Gasteiger partial charge in [0.2, 0.25) is 0 Å². The first-order valence-electron chi connectivity index (χ1n) is 5.37. The Hall–Kier alpha value is -2.23. The van der Waals surface area contributed by atoms with E-state index in [1.807, 2.05) is 42.3 Å². The van der Waals surface area contributed by atoms with Crippen LogP contribution in [0.15, 0.2) is 42.6 Å². The average molecular weight is 229 g/mol. The first-order chi connectivity index (χ1) is 8.18. The molecule has 0 atom stereocenters. The van der Waals surface area contributed by atoms with E-state index in [4.69, 9.17) is 5.73 Å². The van der Waals surface area contributed by atoms with Crippen LogP contribution < -0.4 is 10.6 Å². The molecule has 1 heterocycles. The number of hydrogen-bond acceptors (Lipinski definition) is 4. The molecule has 0 bridgehead atoms. The molecule has 4 nitrogen and oxygen atoms in total. The molecule has 0 aliphatic rings. The molecule has 0 spiro atoms. The monoisotopic (exact) mass is 229 g/mol. The van der Waals surface area contributed by atoms with E-state index in [2.05, 4.69) is 4.98 Å². The van der Waals surface area contributed by atoms with Gasteiger partial charge in [-0.3, -0.25) is 0 Å². The Morgan fingerprint density at radius 1 is 1.24 bits per heavy atom. The molecule has 1 aromatic carbocycles. The minimum Gasteiger partial charge on any atom is -0.505 e. The number of pyridine rings is 1. The maximum atomic E-state index is 9.82. The van der Waals surface area contributed by atoms with Crippen molar-refractivity contribution in [1.29, 1.82) is 0 Å². The smallest absolute Gasteiger partial charge is 0.143 e. The van der Waals surface area contributed by atoms with Crippen molar-refractivity contribution < 1.29 is 5.11 Å². The fourth-order valence-corrected chi connectivity index (χ4v) is 1.65. The Bertz CT molecular complexity index is 499. The maximum absolute atomic E-state index is 9.82. The molecule has 1 aromatic heterocycles. The normalized spacial score (nSPS) is 10.2. The van der Waals surface area contributed by atoms with Gasteiger partial charge in [-0.05, 0) is 18.2 Å². The van der Waals surface area contributed by atoms with Gasteiger partial charge in [-0.25, -0.2) is 4.98 Å². The van der Waals surface area contributed by atoms with Crippen LogP contribution in [0.3, 0.4) is 0 Å². The molecule has 0 aliphatic heterocycles. The van der Waals surface area contributed by atoms with Gasteiger partial charge in [-0.1, -0.05) is 18.2 Å². The maximum Gasteiger partial charge on any atom is 0.143 e. The van der Waals surface area contributed by atoms with Crippen molar-refractivity contribution >= 4 is 11.5 Å². The second-order valence-electron chi connectivity index (χ2n) is 3.90. The Morgan fingerprint density at radius 3 is 2.76 bits per heavy atom. The van der Waals surface area contributed by atoms with Gasteiger partial charge in [-0.15, -0.1) is 0 Å². The summed E-state index contributed by atoms with van der Waals surface area (Å²) < 4.78 is 0. The topological polar surface area (TPSA) is 62.4 Å². The van der Waals surface area contributed by atoms with E-state index in [-0.39, 0.29) is 5.75 Å². The van der Waals surface area contributed by atoms with E-state index in [1.165, 1.54) is 0 Å². The van der Waals surface area contributed by atoms with Crippen LogP contribution in [-0.2, 0) is 6.54 Å². The molecule has 4 heteroatoms. The summed E-state index contributed by atoms with van der Waals surface area (Å²) in [6.45, 7) is 0.563. The molecule has 88 valence electrons. The number of benzene rings is 1. The summed E-state index contributed by atoms with van der Waals surface area (Å²) in [5.41, 5.74) is 6.84. The number of hydrogen-bond donors (Lipinski definition) is 2. The van der Waals surface area contributed by atoms with Crippen molar-refractivity contribution in [3.05, 3.63) is 48.2 Å². The Morgan fingerprint density at radius 2 is 2.06 bits per heavy atom. The van der Waals surface area contributed by atoms with E-state index in [1.54, 1.807) is 12.3 Å². The molecule has 17 heavy (non-hydrogen) atoms. The van der Waals surface area contributed by atoms with Crippen LogP contribution >= 0.6 is 0 Å². The third kappa shape index (κ3) is 2.47. The predicted octanol–water partition coefficient (Wildman–Crippen LogP) is 2.01. The molecule has 3 N–H and O–H groups in total. The zero-order valence-electron chi connectivity index (χ0n) is 9.67. The van der Waals surface area contributed by atoms with Crippen molar-refractivity contribution in [3.63, 3.8) is 0 Å². The van der Waals surface area contributed by atoms with Crippen LogP contribution in [0.5, 0.6) is 5.75 Å². The zero-order valence-corrected chi connectivity index (χ0v) is 9.67. The summed E-state index contributed by atoms with van der Waals surface area (Å²) >= 11 is 0. The minimum atomic E-state index is 0.148. The molecular weight excluding hydrogens is 214 g/mol. The van der Waals surface area contributed by atoms with Gasteiger partial charge in [-0.2, -0.15) is 0 Å². The van der Waals surface area contributed by atoms with Crippen LogP contribution in [0.2, 0.25) is 0 Å². The van der Waals surface area contributed by atoms with Crippen molar-refractivity contribution in [2.75, 3.05) is 17.7 Å². The minimum absolute atomic E-state index is 0.148. The number of aromatic hydroxyl groups is 1. The fraction of sp³-hybridized carbons (Fsp3) is 0.154. The molecule has 0 radical (unpaired) electrons. The van der Waals surface area contributed by atoms with Crippen molar-refractivity contribution in [1.82, 2.24) is 4.98 Å². The Balaban J connectivity index is 2.19. The Labute approximate surface area is 100 Å². The summed E-state index contributed by atoms with van der Waals surface area (Å²) in [6.07, 6.45) is 1.74. The van der Waals surface area contributed by atoms with Gasteiger partial charge in [0.25, 0.3) is 0 Å². The van der Waals surface area contributed by atoms with Gasteiger partial charge in [0.05, 0.1) is 5.69 Å². The van der Waals surface area contributed by atoms with Gasteiger partial charge in [0.1, 0.15) is 11.6 Å². The standard InChI is InChI=1S/C13H15N3O/c1-16(12-7-2-3-8-15-12)9-10-5-4-6-11(14)13(10)17/h2-8,17H,9,14H2,1H3. The summed E-state index contributed by atoms with van der Waals surface area (Å²) in [5, 5.41) is 9.82. The molecule has 2 aromatic rings. The van der Waals surface area contributed by atoms with Crippen LogP contribution in [0, 0.1) is 0 Å². The number of anilines is 2. The van der Waals surface area contributed by atoms with E-state index in [9.17, 15) is 5.11 Å². The molecule has 2 rings (SSSR count). The lowest BCUT2D eigenvalue weighted by molar-refractivity contribution is 0.470. The second-order valence-corrected chi connectivity index (χ2v) is 3.90. The van der Waals surface area contributed by atoms with Crippen molar-refractivity contribution in [2.24, 2.45) is 0 Å². The molecule has 0 saturated heterocycles. The molecule has 0 aliphatic carbocycles. The zero-order chi connectivity index (χ0) is 12.3. The van der Waals surface area contributed by atoms with Gasteiger partial charge < -0.3 is 15.7 Å². The third-order valence-electron chi connectivity index (χ3n) is 2.60. The summed E-state index contributed by atoms with van der Waals surface area (Å²) in [7, 11) is 1.92. The lowest BCUT2D eigenvalue weighted by atomic mass is 10.1. The SMILES string of the molecule is CN(Cc1cccc(N)c1O)c1ccccn1. The Kier molecular flexibility index (Phi) is 3.14. The highest BCUT2D eigenvalue weighted by Gasteiger charge is 2.08. The lowest BCUT2D eigenvalue weighted by Gasteiger charge is -2.19.